The molecule has 0 aliphatic heterocycles. The molecule has 0 radical (unpaired) electrons. The summed E-state index contributed by atoms with van der Waals surface area (Å²) < 4.78 is 0. The minimum absolute atomic E-state index is 0.191. The molecule has 0 saturated heterocycles. The maximum atomic E-state index is 10.9. The second-order valence-electron chi connectivity index (χ2n) is 4.24. The Morgan fingerprint density at radius 2 is 2.00 bits per heavy atom. The highest BCUT2D eigenvalue weighted by atomic mass is 16.6. The molecule has 4 nitrogen and oxygen atoms in total. The highest BCUT2D eigenvalue weighted by Gasteiger charge is 2.24. The van der Waals surface area contributed by atoms with Gasteiger partial charge in [0.15, 0.2) is 0 Å². The standard InChI is InChI=1S/C13H19NO3/c1-2-3-9-12(14(16)17)10-13(15)11-7-5-4-6-8-11/h4-8,12-13,15H,2-3,9-10H2,1H3. The predicted molar refractivity (Wildman–Crippen MR) is 66.3 cm³/mol. The number of unbranched alkanes of at least 4 members (excludes halogenated alkanes) is 1. The van der Waals surface area contributed by atoms with Crippen LogP contribution in [0.3, 0.4) is 0 Å². The van der Waals surface area contributed by atoms with Crippen LogP contribution in [0.25, 0.3) is 0 Å². The van der Waals surface area contributed by atoms with E-state index in [2.05, 4.69) is 0 Å². The fourth-order valence-corrected chi connectivity index (χ4v) is 1.82. The maximum Gasteiger partial charge on any atom is 0.216 e. The predicted octanol–water partition coefficient (Wildman–Crippen LogP) is 2.95. The van der Waals surface area contributed by atoms with Crippen LogP contribution in [0.5, 0.6) is 0 Å². The van der Waals surface area contributed by atoms with E-state index in [1.54, 1.807) is 12.1 Å². The molecule has 4 heteroatoms. The summed E-state index contributed by atoms with van der Waals surface area (Å²) in [6.07, 6.45) is 1.74. The molecule has 0 aromatic heterocycles. The van der Waals surface area contributed by atoms with Crippen molar-refractivity contribution in [1.82, 2.24) is 0 Å². The topological polar surface area (TPSA) is 63.4 Å². The number of hydrogen-bond donors (Lipinski definition) is 1. The van der Waals surface area contributed by atoms with Gasteiger partial charge >= 0.3 is 0 Å². The summed E-state index contributed by atoms with van der Waals surface area (Å²) in [5, 5.41) is 20.8. The Morgan fingerprint density at radius 1 is 1.35 bits per heavy atom. The monoisotopic (exact) mass is 237 g/mol. The van der Waals surface area contributed by atoms with Gasteiger partial charge in [0.05, 0.1) is 6.10 Å². The number of benzene rings is 1. The first-order valence-electron chi connectivity index (χ1n) is 6.01. The summed E-state index contributed by atoms with van der Waals surface area (Å²) in [7, 11) is 0. The Kier molecular flexibility index (Phi) is 5.63. The average Bonchev–Trinajstić information content (AvgIpc) is 2.35. The number of nitrogens with zero attached hydrogens (tertiary/aromatic N) is 1. The summed E-state index contributed by atoms with van der Waals surface area (Å²) in [6, 6.07) is 8.45. The van der Waals surface area contributed by atoms with Gasteiger partial charge in [0.25, 0.3) is 0 Å². The van der Waals surface area contributed by atoms with Gasteiger partial charge in [-0.2, -0.15) is 0 Å². The Bertz CT molecular complexity index is 340. The SMILES string of the molecule is CCCCC(CC(O)c1ccccc1)[N+](=O)[O-]. The van der Waals surface area contributed by atoms with Crippen LogP contribution < -0.4 is 0 Å². The van der Waals surface area contributed by atoms with E-state index >= 15 is 0 Å². The lowest BCUT2D eigenvalue weighted by Gasteiger charge is -2.14. The molecule has 94 valence electrons. The second kappa shape index (κ2) is 7.01. The molecule has 1 aromatic rings. The van der Waals surface area contributed by atoms with Crippen molar-refractivity contribution in [3.05, 3.63) is 46.0 Å². The van der Waals surface area contributed by atoms with E-state index in [1.165, 1.54) is 0 Å². The minimum atomic E-state index is -0.747. The third-order valence-electron chi connectivity index (χ3n) is 2.87. The van der Waals surface area contributed by atoms with Crippen molar-refractivity contribution in [3.63, 3.8) is 0 Å². The molecule has 0 saturated carbocycles. The molecule has 0 aliphatic carbocycles. The number of nitro groups is 1. The van der Waals surface area contributed by atoms with Crippen LogP contribution in [-0.4, -0.2) is 16.1 Å². The fraction of sp³-hybridized carbons (Fsp3) is 0.538. The lowest BCUT2D eigenvalue weighted by molar-refractivity contribution is -0.526. The van der Waals surface area contributed by atoms with E-state index in [0.29, 0.717) is 6.42 Å². The van der Waals surface area contributed by atoms with Crippen LogP contribution in [0.2, 0.25) is 0 Å². The largest absolute Gasteiger partial charge is 0.388 e. The van der Waals surface area contributed by atoms with Crippen LogP contribution in [0, 0.1) is 10.1 Å². The van der Waals surface area contributed by atoms with Crippen LogP contribution in [0.4, 0.5) is 0 Å². The number of aliphatic hydroxyl groups excluding tert-OH is 1. The van der Waals surface area contributed by atoms with Crippen molar-refractivity contribution in [1.29, 1.82) is 0 Å². The molecule has 0 spiro atoms. The molecule has 2 atom stereocenters. The normalized spacial score (nSPS) is 14.2. The third-order valence-corrected chi connectivity index (χ3v) is 2.87. The molecule has 1 aromatic carbocycles. The van der Waals surface area contributed by atoms with Crippen molar-refractivity contribution < 1.29 is 10.0 Å². The molecular formula is C13H19NO3. The molecule has 17 heavy (non-hydrogen) atoms. The van der Waals surface area contributed by atoms with Crippen molar-refractivity contribution in [2.24, 2.45) is 0 Å². The van der Waals surface area contributed by atoms with Crippen molar-refractivity contribution >= 4 is 0 Å². The zero-order valence-corrected chi connectivity index (χ0v) is 10.1. The van der Waals surface area contributed by atoms with Gasteiger partial charge in [0.1, 0.15) is 0 Å². The molecule has 0 heterocycles. The van der Waals surface area contributed by atoms with Gasteiger partial charge in [-0.15, -0.1) is 0 Å². The summed E-state index contributed by atoms with van der Waals surface area (Å²) in [5.41, 5.74) is 0.746. The highest BCUT2D eigenvalue weighted by molar-refractivity contribution is 5.17. The van der Waals surface area contributed by atoms with Gasteiger partial charge in [-0.3, -0.25) is 10.1 Å². The minimum Gasteiger partial charge on any atom is -0.388 e. The number of aliphatic hydroxyl groups is 1. The first-order chi connectivity index (χ1) is 8.15. The van der Waals surface area contributed by atoms with Gasteiger partial charge in [-0.05, 0) is 12.0 Å². The first-order valence-corrected chi connectivity index (χ1v) is 6.01. The summed E-state index contributed by atoms with van der Waals surface area (Å²) in [4.78, 5) is 10.6. The second-order valence-corrected chi connectivity index (χ2v) is 4.24. The van der Waals surface area contributed by atoms with Crippen molar-refractivity contribution in [2.75, 3.05) is 0 Å². The molecule has 0 amide bonds. The Labute approximate surface area is 101 Å². The first kappa shape index (κ1) is 13.6. The number of hydrogen-bond acceptors (Lipinski definition) is 3. The van der Waals surface area contributed by atoms with Crippen molar-refractivity contribution in [3.8, 4) is 0 Å². The Hall–Kier alpha value is -1.42. The Balaban J connectivity index is 2.58. The lowest BCUT2D eigenvalue weighted by atomic mass is 9.99. The third kappa shape index (κ3) is 4.53. The molecule has 0 bridgehead atoms. The number of rotatable bonds is 7. The molecule has 0 aliphatic rings. The van der Waals surface area contributed by atoms with Crippen LogP contribution in [0.15, 0.2) is 30.3 Å². The van der Waals surface area contributed by atoms with Crippen molar-refractivity contribution in [2.45, 2.75) is 44.8 Å². The van der Waals surface area contributed by atoms with Gasteiger partial charge in [0, 0.05) is 17.8 Å². The van der Waals surface area contributed by atoms with Crippen LogP contribution >= 0.6 is 0 Å². The molecule has 1 N–H and O–H groups in total. The summed E-state index contributed by atoms with van der Waals surface area (Å²) >= 11 is 0. The van der Waals surface area contributed by atoms with Gasteiger partial charge in [0.2, 0.25) is 6.04 Å². The molecule has 2 unspecified atom stereocenters. The van der Waals surface area contributed by atoms with Gasteiger partial charge in [-0.1, -0.05) is 43.7 Å². The van der Waals surface area contributed by atoms with E-state index in [4.69, 9.17) is 0 Å². The van der Waals surface area contributed by atoms with Crippen LogP contribution in [0.1, 0.15) is 44.3 Å². The fourth-order valence-electron chi connectivity index (χ4n) is 1.82. The highest BCUT2D eigenvalue weighted by Crippen LogP contribution is 2.21. The molecular weight excluding hydrogens is 218 g/mol. The van der Waals surface area contributed by atoms with E-state index < -0.39 is 12.1 Å². The smallest absolute Gasteiger partial charge is 0.216 e. The van der Waals surface area contributed by atoms with E-state index in [-0.39, 0.29) is 11.3 Å². The molecule has 1 rings (SSSR count). The quantitative estimate of drug-likeness (QED) is 0.585. The maximum absolute atomic E-state index is 10.9. The van der Waals surface area contributed by atoms with E-state index in [0.717, 1.165) is 18.4 Å². The van der Waals surface area contributed by atoms with E-state index in [1.807, 2.05) is 25.1 Å². The zero-order valence-electron chi connectivity index (χ0n) is 10.1. The molecule has 0 fully saturated rings. The Morgan fingerprint density at radius 3 is 2.53 bits per heavy atom. The van der Waals surface area contributed by atoms with E-state index in [9.17, 15) is 15.2 Å². The lowest BCUT2D eigenvalue weighted by Crippen LogP contribution is -2.22. The van der Waals surface area contributed by atoms with Crippen LogP contribution in [-0.2, 0) is 0 Å². The average molecular weight is 237 g/mol. The van der Waals surface area contributed by atoms with Gasteiger partial charge in [-0.25, -0.2) is 0 Å². The summed E-state index contributed by atoms with van der Waals surface area (Å²) in [5.74, 6) is 0. The summed E-state index contributed by atoms with van der Waals surface area (Å²) in [6.45, 7) is 2.00. The zero-order chi connectivity index (χ0) is 12.7. The van der Waals surface area contributed by atoms with Gasteiger partial charge < -0.3 is 5.11 Å².